The number of anilines is 1. The monoisotopic (exact) mass is 549 g/mol. The van der Waals surface area contributed by atoms with E-state index in [0.717, 1.165) is 26.6 Å². The van der Waals surface area contributed by atoms with Crippen LogP contribution >= 0.6 is 0 Å². The van der Waals surface area contributed by atoms with Crippen molar-refractivity contribution in [3.8, 4) is 0 Å². The van der Waals surface area contributed by atoms with Gasteiger partial charge in [-0.05, 0) is 83.9 Å². The highest BCUT2D eigenvalue weighted by Crippen LogP contribution is 2.26. The molecule has 0 aliphatic heterocycles. The summed E-state index contributed by atoms with van der Waals surface area (Å²) in [5.41, 5.74) is 3.59. The van der Waals surface area contributed by atoms with Crippen LogP contribution < -0.4 is 9.62 Å². The third-order valence-corrected chi connectivity index (χ3v) is 8.10. The Kier molecular flexibility index (Phi) is 9.22. The molecule has 0 aromatic heterocycles. The van der Waals surface area contributed by atoms with E-state index in [1.54, 1.807) is 49.4 Å². The average molecular weight is 550 g/mol. The van der Waals surface area contributed by atoms with Gasteiger partial charge in [0.15, 0.2) is 0 Å². The number of sulfonamides is 1. The molecule has 0 aliphatic rings. The SMILES string of the molecule is Cc1ccc(CN(C(=O)CN(c2cccc(C)c2)S(=O)(=O)c2ccc(C)cc2)C(C)C(=O)NC(C)(C)C)cc1. The molecule has 3 aromatic rings. The van der Waals surface area contributed by atoms with Crippen molar-refractivity contribution in [2.24, 2.45) is 0 Å². The first-order chi connectivity index (χ1) is 18.2. The van der Waals surface area contributed by atoms with Gasteiger partial charge >= 0.3 is 0 Å². The maximum atomic E-state index is 14.0. The van der Waals surface area contributed by atoms with Gasteiger partial charge in [-0.2, -0.15) is 0 Å². The van der Waals surface area contributed by atoms with Gasteiger partial charge in [-0.1, -0.05) is 59.7 Å². The molecule has 39 heavy (non-hydrogen) atoms. The fourth-order valence-electron chi connectivity index (χ4n) is 4.10. The van der Waals surface area contributed by atoms with Crippen LogP contribution in [-0.2, 0) is 26.2 Å². The lowest BCUT2D eigenvalue weighted by Gasteiger charge is -2.33. The average Bonchev–Trinajstić information content (AvgIpc) is 2.85. The molecule has 0 bridgehead atoms. The summed E-state index contributed by atoms with van der Waals surface area (Å²) in [7, 11) is -4.08. The van der Waals surface area contributed by atoms with E-state index in [-0.39, 0.29) is 17.3 Å². The molecule has 1 N–H and O–H groups in total. The molecule has 0 fully saturated rings. The number of carbonyl (C=O) groups is 2. The number of aryl methyl sites for hydroxylation is 3. The second-order valence-corrected chi connectivity index (χ2v) is 12.9. The van der Waals surface area contributed by atoms with Gasteiger partial charge in [-0.15, -0.1) is 0 Å². The molecule has 0 spiro atoms. The van der Waals surface area contributed by atoms with Crippen molar-refractivity contribution in [1.82, 2.24) is 10.2 Å². The highest BCUT2D eigenvalue weighted by molar-refractivity contribution is 7.92. The topological polar surface area (TPSA) is 86.8 Å². The Morgan fingerprint density at radius 1 is 0.846 bits per heavy atom. The largest absolute Gasteiger partial charge is 0.350 e. The molecule has 1 unspecified atom stereocenters. The number of hydrogen-bond acceptors (Lipinski definition) is 4. The molecule has 0 heterocycles. The zero-order valence-corrected chi connectivity index (χ0v) is 24.7. The number of benzene rings is 3. The summed E-state index contributed by atoms with van der Waals surface area (Å²) in [6.07, 6.45) is 0. The van der Waals surface area contributed by atoms with Crippen molar-refractivity contribution in [1.29, 1.82) is 0 Å². The van der Waals surface area contributed by atoms with Crippen molar-refractivity contribution in [3.63, 3.8) is 0 Å². The molecule has 7 nitrogen and oxygen atoms in total. The van der Waals surface area contributed by atoms with Crippen LogP contribution in [0, 0.1) is 20.8 Å². The molecule has 3 rings (SSSR count). The van der Waals surface area contributed by atoms with Crippen LogP contribution in [0.15, 0.2) is 77.7 Å². The van der Waals surface area contributed by atoms with Gasteiger partial charge in [0, 0.05) is 12.1 Å². The summed E-state index contributed by atoms with van der Waals surface area (Å²) in [4.78, 5) is 28.7. The summed E-state index contributed by atoms with van der Waals surface area (Å²) in [5, 5.41) is 2.94. The summed E-state index contributed by atoms with van der Waals surface area (Å²) in [6, 6.07) is 20.4. The normalized spacial score (nSPS) is 12.5. The minimum Gasteiger partial charge on any atom is -0.350 e. The van der Waals surface area contributed by atoms with E-state index in [0.29, 0.717) is 5.69 Å². The number of hydrogen-bond donors (Lipinski definition) is 1. The lowest BCUT2D eigenvalue weighted by atomic mass is 10.1. The van der Waals surface area contributed by atoms with Gasteiger partial charge in [-0.25, -0.2) is 8.42 Å². The Bertz CT molecular complexity index is 1410. The Morgan fingerprint density at radius 3 is 1.95 bits per heavy atom. The van der Waals surface area contributed by atoms with Crippen molar-refractivity contribution in [2.75, 3.05) is 10.8 Å². The molecular formula is C31H39N3O4S. The maximum Gasteiger partial charge on any atom is 0.264 e. The van der Waals surface area contributed by atoms with Crippen molar-refractivity contribution < 1.29 is 18.0 Å². The van der Waals surface area contributed by atoms with Gasteiger partial charge in [0.25, 0.3) is 10.0 Å². The van der Waals surface area contributed by atoms with Crippen LogP contribution in [0.25, 0.3) is 0 Å². The third kappa shape index (κ3) is 7.93. The summed E-state index contributed by atoms with van der Waals surface area (Å²) in [5.74, 6) is -0.796. The highest BCUT2D eigenvalue weighted by Gasteiger charge is 2.33. The summed E-state index contributed by atoms with van der Waals surface area (Å²) < 4.78 is 28.9. The number of rotatable bonds is 9. The van der Waals surface area contributed by atoms with E-state index in [2.05, 4.69) is 5.32 Å². The molecular weight excluding hydrogens is 510 g/mol. The lowest BCUT2D eigenvalue weighted by molar-refractivity contribution is -0.140. The Balaban J connectivity index is 2.03. The van der Waals surface area contributed by atoms with Crippen LogP contribution in [0.3, 0.4) is 0 Å². The molecule has 8 heteroatoms. The summed E-state index contributed by atoms with van der Waals surface area (Å²) in [6.45, 7) is 12.7. The standard InChI is InChI=1S/C31H39N3O4S/c1-22-11-15-26(16-12-22)20-33(25(4)30(36)32-31(5,6)7)29(35)21-34(27-10-8-9-24(3)19-27)39(37,38)28-17-13-23(2)14-18-28/h8-19,25H,20-21H2,1-7H3,(H,32,36). The Hall–Kier alpha value is -3.65. The van der Waals surface area contributed by atoms with Gasteiger partial charge in [0.2, 0.25) is 11.8 Å². The third-order valence-electron chi connectivity index (χ3n) is 6.32. The molecule has 0 saturated heterocycles. The van der Waals surface area contributed by atoms with Gasteiger partial charge in [0.05, 0.1) is 10.6 Å². The van der Waals surface area contributed by atoms with Crippen LogP contribution in [0.1, 0.15) is 49.9 Å². The maximum absolute atomic E-state index is 14.0. The van der Waals surface area contributed by atoms with Crippen LogP contribution in [0.2, 0.25) is 0 Å². The van der Waals surface area contributed by atoms with Gasteiger partial charge < -0.3 is 10.2 Å². The van der Waals surface area contributed by atoms with E-state index in [9.17, 15) is 18.0 Å². The zero-order valence-electron chi connectivity index (χ0n) is 23.9. The van der Waals surface area contributed by atoms with E-state index in [1.807, 2.05) is 71.9 Å². The van der Waals surface area contributed by atoms with Gasteiger partial charge in [-0.3, -0.25) is 13.9 Å². The van der Waals surface area contributed by atoms with Crippen molar-refractivity contribution in [3.05, 3.63) is 95.1 Å². The first-order valence-electron chi connectivity index (χ1n) is 13.0. The quantitative estimate of drug-likeness (QED) is 0.401. The first kappa shape index (κ1) is 29.9. The van der Waals surface area contributed by atoms with E-state index >= 15 is 0 Å². The minimum atomic E-state index is -4.08. The second-order valence-electron chi connectivity index (χ2n) is 11.1. The highest BCUT2D eigenvalue weighted by atomic mass is 32.2. The van der Waals surface area contributed by atoms with Crippen LogP contribution in [0.4, 0.5) is 5.69 Å². The van der Waals surface area contributed by atoms with Gasteiger partial charge in [0.1, 0.15) is 12.6 Å². The fraction of sp³-hybridized carbons (Fsp3) is 0.355. The van der Waals surface area contributed by atoms with Crippen LogP contribution in [-0.4, -0.2) is 43.3 Å². The first-order valence-corrected chi connectivity index (χ1v) is 14.4. The van der Waals surface area contributed by atoms with E-state index in [1.165, 1.54) is 4.90 Å². The number of amides is 2. The van der Waals surface area contributed by atoms with E-state index < -0.39 is 34.1 Å². The number of nitrogens with one attached hydrogen (secondary N) is 1. The fourth-order valence-corrected chi connectivity index (χ4v) is 5.50. The van der Waals surface area contributed by atoms with Crippen molar-refractivity contribution >= 4 is 27.5 Å². The number of carbonyl (C=O) groups excluding carboxylic acids is 2. The molecule has 3 aromatic carbocycles. The molecule has 0 aliphatic carbocycles. The molecule has 208 valence electrons. The Labute approximate surface area is 232 Å². The Morgan fingerprint density at radius 2 is 1.41 bits per heavy atom. The number of nitrogens with zero attached hydrogens (tertiary/aromatic N) is 2. The zero-order chi connectivity index (χ0) is 29.0. The van der Waals surface area contributed by atoms with Crippen LogP contribution in [0.5, 0.6) is 0 Å². The summed E-state index contributed by atoms with van der Waals surface area (Å²) >= 11 is 0. The predicted molar refractivity (Wildman–Crippen MR) is 156 cm³/mol. The second kappa shape index (κ2) is 12.0. The molecule has 0 radical (unpaired) electrons. The lowest BCUT2D eigenvalue weighted by Crippen LogP contribution is -2.54. The molecule has 0 saturated carbocycles. The minimum absolute atomic E-state index is 0.0889. The smallest absolute Gasteiger partial charge is 0.264 e. The molecule has 1 atom stereocenters. The van der Waals surface area contributed by atoms with Crippen molar-refractivity contribution in [2.45, 2.75) is 71.5 Å². The van der Waals surface area contributed by atoms with E-state index in [4.69, 9.17) is 0 Å². The predicted octanol–water partition coefficient (Wildman–Crippen LogP) is 5.14. The molecule has 2 amide bonds.